The van der Waals surface area contributed by atoms with E-state index in [9.17, 15) is 9.59 Å². The lowest BCUT2D eigenvalue weighted by Crippen LogP contribution is -2.29. The Morgan fingerprint density at radius 1 is 1.25 bits per heavy atom. The summed E-state index contributed by atoms with van der Waals surface area (Å²) in [6, 6.07) is 15.5. The van der Waals surface area contributed by atoms with Crippen LogP contribution in [0.25, 0.3) is 10.9 Å². The van der Waals surface area contributed by atoms with Crippen molar-refractivity contribution >= 4 is 44.5 Å². The highest BCUT2D eigenvalue weighted by Gasteiger charge is 2.13. The van der Waals surface area contributed by atoms with Crippen LogP contribution in [-0.4, -0.2) is 27.8 Å². The summed E-state index contributed by atoms with van der Waals surface area (Å²) in [7, 11) is 0. The SMILES string of the molecule is CCn1c(SCC(=O)NCC(C)c2ccccc2)nc2ccc(Br)cc2c1=O. The minimum absolute atomic E-state index is 0.0689. The Bertz CT molecular complexity index is 1040. The molecule has 1 N–H and O–H groups in total. The van der Waals surface area contributed by atoms with E-state index in [4.69, 9.17) is 0 Å². The van der Waals surface area contributed by atoms with Crippen molar-refractivity contribution in [2.75, 3.05) is 12.3 Å². The van der Waals surface area contributed by atoms with Gasteiger partial charge in [-0.2, -0.15) is 0 Å². The summed E-state index contributed by atoms with van der Waals surface area (Å²) >= 11 is 4.68. The zero-order valence-corrected chi connectivity index (χ0v) is 18.2. The fraction of sp³-hybridized carbons (Fsp3) is 0.286. The number of aromatic nitrogens is 2. The molecule has 0 aliphatic rings. The lowest BCUT2D eigenvalue weighted by atomic mass is 10.0. The largest absolute Gasteiger partial charge is 0.355 e. The van der Waals surface area contributed by atoms with Crippen molar-refractivity contribution < 1.29 is 4.79 Å². The molecule has 7 heteroatoms. The second-order valence-electron chi connectivity index (χ2n) is 6.51. The molecule has 5 nitrogen and oxygen atoms in total. The van der Waals surface area contributed by atoms with E-state index < -0.39 is 0 Å². The van der Waals surface area contributed by atoms with Gasteiger partial charge in [0.05, 0.1) is 16.7 Å². The van der Waals surface area contributed by atoms with Gasteiger partial charge in [0.25, 0.3) is 5.56 Å². The summed E-state index contributed by atoms with van der Waals surface area (Å²) in [6.07, 6.45) is 0. The van der Waals surface area contributed by atoms with Crippen molar-refractivity contribution in [2.24, 2.45) is 0 Å². The van der Waals surface area contributed by atoms with Gasteiger partial charge < -0.3 is 5.32 Å². The zero-order valence-electron chi connectivity index (χ0n) is 15.8. The summed E-state index contributed by atoms with van der Waals surface area (Å²) in [5, 5.41) is 4.10. The Kier molecular flexibility index (Phi) is 6.91. The average Bonchev–Trinajstić information content (AvgIpc) is 2.71. The average molecular weight is 460 g/mol. The first-order valence-corrected chi connectivity index (χ1v) is 10.9. The van der Waals surface area contributed by atoms with E-state index in [1.54, 1.807) is 10.6 Å². The summed E-state index contributed by atoms with van der Waals surface area (Å²) in [5.41, 5.74) is 1.74. The van der Waals surface area contributed by atoms with Gasteiger partial charge in [0, 0.05) is 17.6 Å². The summed E-state index contributed by atoms with van der Waals surface area (Å²) in [5.74, 6) is 0.387. The highest BCUT2D eigenvalue weighted by atomic mass is 79.9. The van der Waals surface area contributed by atoms with Gasteiger partial charge in [-0.15, -0.1) is 0 Å². The fourth-order valence-corrected chi connectivity index (χ4v) is 4.16. The first-order chi connectivity index (χ1) is 13.5. The molecule has 3 rings (SSSR count). The van der Waals surface area contributed by atoms with Crippen LogP contribution in [0.1, 0.15) is 25.3 Å². The van der Waals surface area contributed by atoms with Gasteiger partial charge >= 0.3 is 0 Å². The van der Waals surface area contributed by atoms with Gasteiger partial charge in [0.1, 0.15) is 0 Å². The number of hydrogen-bond donors (Lipinski definition) is 1. The lowest BCUT2D eigenvalue weighted by Gasteiger charge is -2.14. The maximum Gasteiger partial charge on any atom is 0.262 e. The molecule has 1 aromatic heterocycles. The molecule has 0 bridgehead atoms. The third kappa shape index (κ3) is 4.83. The number of benzene rings is 2. The number of nitrogens with zero attached hydrogens (tertiary/aromatic N) is 2. The van der Waals surface area contributed by atoms with Crippen LogP contribution in [0.5, 0.6) is 0 Å². The molecule has 0 aliphatic heterocycles. The first-order valence-electron chi connectivity index (χ1n) is 9.14. The van der Waals surface area contributed by atoms with Crippen LogP contribution in [0, 0.1) is 0 Å². The smallest absolute Gasteiger partial charge is 0.262 e. The molecular formula is C21H22BrN3O2S. The number of fused-ring (bicyclic) bond motifs is 1. The van der Waals surface area contributed by atoms with E-state index in [2.05, 4.69) is 45.3 Å². The maximum atomic E-state index is 12.7. The Morgan fingerprint density at radius 2 is 2.00 bits per heavy atom. The van der Waals surface area contributed by atoms with Gasteiger partial charge in [-0.05, 0) is 36.6 Å². The van der Waals surface area contributed by atoms with E-state index in [1.807, 2.05) is 37.3 Å². The third-order valence-corrected chi connectivity index (χ3v) is 5.97. The zero-order chi connectivity index (χ0) is 20.1. The van der Waals surface area contributed by atoms with Crippen molar-refractivity contribution in [1.29, 1.82) is 0 Å². The van der Waals surface area contributed by atoms with E-state index >= 15 is 0 Å². The highest BCUT2D eigenvalue weighted by Crippen LogP contribution is 2.20. The number of nitrogens with one attached hydrogen (secondary N) is 1. The number of halogens is 1. The second-order valence-corrected chi connectivity index (χ2v) is 8.37. The summed E-state index contributed by atoms with van der Waals surface area (Å²) in [6.45, 7) is 5.06. The Balaban J connectivity index is 1.67. The number of carbonyl (C=O) groups excluding carboxylic acids is 1. The first kappa shape index (κ1) is 20.6. The standard InChI is InChI=1S/C21H22BrN3O2S/c1-3-25-20(27)17-11-16(22)9-10-18(17)24-21(25)28-13-19(26)23-12-14(2)15-7-5-4-6-8-15/h4-11,14H,3,12-13H2,1-2H3,(H,23,26). The van der Waals surface area contributed by atoms with E-state index in [0.717, 1.165) is 4.47 Å². The van der Waals surface area contributed by atoms with Crippen LogP contribution in [0.2, 0.25) is 0 Å². The van der Waals surface area contributed by atoms with Crippen molar-refractivity contribution in [3.8, 4) is 0 Å². The minimum atomic E-state index is -0.0885. The fourth-order valence-electron chi connectivity index (χ4n) is 2.91. The molecule has 2 aromatic carbocycles. The monoisotopic (exact) mass is 459 g/mol. The molecule has 146 valence electrons. The molecular weight excluding hydrogens is 438 g/mol. The molecule has 1 unspecified atom stereocenters. The third-order valence-electron chi connectivity index (χ3n) is 4.50. The molecule has 0 radical (unpaired) electrons. The normalized spacial score (nSPS) is 12.1. The number of amides is 1. The molecule has 1 atom stereocenters. The number of carbonyl (C=O) groups is 1. The van der Waals surface area contributed by atoms with Crippen molar-refractivity contribution in [2.45, 2.75) is 31.5 Å². The predicted octanol–water partition coefficient (Wildman–Crippen LogP) is 4.19. The Labute approximate surface area is 176 Å². The second kappa shape index (κ2) is 9.39. The predicted molar refractivity (Wildman–Crippen MR) is 118 cm³/mol. The van der Waals surface area contributed by atoms with Crippen LogP contribution >= 0.6 is 27.7 Å². The topological polar surface area (TPSA) is 64.0 Å². The minimum Gasteiger partial charge on any atom is -0.355 e. The maximum absolute atomic E-state index is 12.7. The van der Waals surface area contributed by atoms with Crippen molar-refractivity contribution in [3.05, 3.63) is 68.9 Å². The number of thioether (sulfide) groups is 1. The molecule has 0 aliphatic carbocycles. The molecule has 0 saturated carbocycles. The molecule has 3 aromatic rings. The number of hydrogen-bond acceptors (Lipinski definition) is 4. The van der Waals surface area contributed by atoms with Crippen LogP contribution in [0.4, 0.5) is 0 Å². The van der Waals surface area contributed by atoms with E-state index in [1.165, 1.54) is 17.3 Å². The van der Waals surface area contributed by atoms with Gasteiger partial charge in [-0.3, -0.25) is 14.2 Å². The van der Waals surface area contributed by atoms with Crippen LogP contribution in [-0.2, 0) is 11.3 Å². The van der Waals surface area contributed by atoms with Crippen molar-refractivity contribution in [1.82, 2.24) is 14.9 Å². The highest BCUT2D eigenvalue weighted by molar-refractivity contribution is 9.10. The molecule has 1 heterocycles. The van der Waals surface area contributed by atoms with Gasteiger partial charge in [0.2, 0.25) is 5.91 Å². The van der Waals surface area contributed by atoms with Gasteiger partial charge in [-0.25, -0.2) is 4.98 Å². The Morgan fingerprint density at radius 3 is 2.71 bits per heavy atom. The molecule has 28 heavy (non-hydrogen) atoms. The van der Waals surface area contributed by atoms with Gasteiger partial charge in [0.15, 0.2) is 5.16 Å². The van der Waals surface area contributed by atoms with E-state index in [0.29, 0.717) is 29.1 Å². The summed E-state index contributed by atoms with van der Waals surface area (Å²) in [4.78, 5) is 29.6. The Hall–Kier alpha value is -2.12. The van der Waals surface area contributed by atoms with E-state index in [-0.39, 0.29) is 23.1 Å². The number of rotatable bonds is 7. The molecule has 1 amide bonds. The molecule has 0 spiro atoms. The molecule has 0 fully saturated rings. The van der Waals surface area contributed by atoms with Crippen LogP contribution in [0.15, 0.2) is 63.0 Å². The van der Waals surface area contributed by atoms with Crippen LogP contribution in [0.3, 0.4) is 0 Å². The van der Waals surface area contributed by atoms with Gasteiger partial charge in [-0.1, -0.05) is 64.9 Å². The van der Waals surface area contributed by atoms with Crippen molar-refractivity contribution in [3.63, 3.8) is 0 Å². The quantitative estimate of drug-likeness (QED) is 0.424. The summed E-state index contributed by atoms with van der Waals surface area (Å²) < 4.78 is 2.45. The van der Waals surface area contributed by atoms with Crippen LogP contribution < -0.4 is 10.9 Å². The lowest BCUT2D eigenvalue weighted by molar-refractivity contribution is -0.118. The molecule has 0 saturated heterocycles.